The van der Waals surface area contributed by atoms with Gasteiger partial charge in [-0.3, -0.25) is 4.79 Å². The summed E-state index contributed by atoms with van der Waals surface area (Å²) in [7, 11) is 2.07. The van der Waals surface area contributed by atoms with Crippen molar-refractivity contribution in [3.63, 3.8) is 0 Å². The van der Waals surface area contributed by atoms with Crippen molar-refractivity contribution in [1.82, 2.24) is 4.90 Å². The van der Waals surface area contributed by atoms with Crippen molar-refractivity contribution in [1.29, 1.82) is 0 Å². The zero-order valence-corrected chi connectivity index (χ0v) is 12.0. The fourth-order valence-corrected chi connectivity index (χ4v) is 2.14. The second-order valence-electron chi connectivity index (χ2n) is 4.82. The quantitative estimate of drug-likeness (QED) is 0.740. The highest BCUT2D eigenvalue weighted by Gasteiger charge is 2.19. The number of morpholine rings is 1. The molecular formula is C15H21NO4. The molecule has 1 atom stereocenters. The molecule has 0 bridgehead atoms. The van der Waals surface area contributed by atoms with Gasteiger partial charge in [0.2, 0.25) is 0 Å². The second kappa shape index (κ2) is 7.26. The van der Waals surface area contributed by atoms with E-state index < -0.39 is 0 Å². The van der Waals surface area contributed by atoms with Crippen molar-refractivity contribution < 1.29 is 19.0 Å². The van der Waals surface area contributed by atoms with Gasteiger partial charge in [-0.25, -0.2) is 0 Å². The van der Waals surface area contributed by atoms with E-state index in [1.165, 1.54) is 0 Å². The summed E-state index contributed by atoms with van der Waals surface area (Å²) in [6, 6.07) is 5.18. The molecule has 2 rings (SSSR count). The van der Waals surface area contributed by atoms with Crippen molar-refractivity contribution in [2.75, 3.05) is 40.0 Å². The summed E-state index contributed by atoms with van der Waals surface area (Å²) in [5.41, 5.74) is 0.578. The highest BCUT2D eigenvalue weighted by atomic mass is 16.5. The molecule has 1 aromatic carbocycles. The molecule has 1 unspecified atom stereocenters. The Bertz CT molecular complexity index is 449. The van der Waals surface area contributed by atoms with Gasteiger partial charge in [0, 0.05) is 18.7 Å². The summed E-state index contributed by atoms with van der Waals surface area (Å²) in [6.07, 6.45) is 0.861. The van der Waals surface area contributed by atoms with E-state index in [-0.39, 0.29) is 6.10 Å². The third kappa shape index (κ3) is 3.95. The van der Waals surface area contributed by atoms with E-state index in [4.69, 9.17) is 14.2 Å². The van der Waals surface area contributed by atoms with Crippen LogP contribution in [0.4, 0.5) is 0 Å². The van der Waals surface area contributed by atoms with Gasteiger partial charge >= 0.3 is 0 Å². The number of nitrogens with zero attached hydrogens (tertiary/aromatic N) is 1. The summed E-state index contributed by atoms with van der Waals surface area (Å²) < 4.78 is 16.9. The lowest BCUT2D eigenvalue weighted by atomic mass is 10.2. The Labute approximate surface area is 119 Å². The first-order valence-corrected chi connectivity index (χ1v) is 6.88. The van der Waals surface area contributed by atoms with Crippen molar-refractivity contribution in [2.24, 2.45) is 0 Å². The van der Waals surface area contributed by atoms with Crippen LogP contribution in [0.25, 0.3) is 0 Å². The first-order chi connectivity index (χ1) is 9.72. The number of hydrogen-bond donors (Lipinski definition) is 0. The van der Waals surface area contributed by atoms with E-state index in [0.717, 1.165) is 26.0 Å². The van der Waals surface area contributed by atoms with Crippen LogP contribution < -0.4 is 9.47 Å². The van der Waals surface area contributed by atoms with E-state index in [9.17, 15) is 4.79 Å². The van der Waals surface area contributed by atoms with E-state index >= 15 is 0 Å². The minimum absolute atomic E-state index is 0.0639. The maximum atomic E-state index is 10.8. The van der Waals surface area contributed by atoms with E-state index in [1.807, 2.05) is 6.92 Å². The maximum Gasteiger partial charge on any atom is 0.161 e. The number of benzene rings is 1. The molecule has 5 heteroatoms. The lowest BCUT2D eigenvalue weighted by Gasteiger charge is -2.30. The molecule has 0 radical (unpaired) electrons. The first-order valence-electron chi connectivity index (χ1n) is 6.88. The van der Waals surface area contributed by atoms with Crippen LogP contribution in [0.1, 0.15) is 17.3 Å². The van der Waals surface area contributed by atoms with Gasteiger partial charge in [0.05, 0.1) is 13.2 Å². The SMILES string of the molecule is CCOc1cc(C=O)ccc1OCC1CN(C)CCO1. The van der Waals surface area contributed by atoms with Crippen LogP contribution in [0, 0.1) is 0 Å². The number of rotatable bonds is 6. The fourth-order valence-electron chi connectivity index (χ4n) is 2.14. The third-order valence-corrected chi connectivity index (χ3v) is 3.17. The van der Waals surface area contributed by atoms with Crippen molar-refractivity contribution in [3.05, 3.63) is 23.8 Å². The Morgan fingerprint density at radius 3 is 2.95 bits per heavy atom. The monoisotopic (exact) mass is 279 g/mol. The minimum Gasteiger partial charge on any atom is -0.490 e. The van der Waals surface area contributed by atoms with Crippen LogP contribution in [-0.2, 0) is 4.74 Å². The smallest absolute Gasteiger partial charge is 0.161 e. The molecule has 1 heterocycles. The Morgan fingerprint density at radius 2 is 2.25 bits per heavy atom. The Kier molecular flexibility index (Phi) is 5.38. The zero-order chi connectivity index (χ0) is 14.4. The average Bonchev–Trinajstić information content (AvgIpc) is 2.46. The lowest BCUT2D eigenvalue weighted by Crippen LogP contribution is -2.42. The topological polar surface area (TPSA) is 48.0 Å². The minimum atomic E-state index is 0.0639. The molecule has 0 aromatic heterocycles. The van der Waals surface area contributed by atoms with Gasteiger partial charge in [0.1, 0.15) is 19.0 Å². The van der Waals surface area contributed by atoms with Crippen LogP contribution in [0.3, 0.4) is 0 Å². The summed E-state index contributed by atoms with van der Waals surface area (Å²) in [4.78, 5) is 13.0. The van der Waals surface area contributed by atoms with Crippen molar-refractivity contribution in [2.45, 2.75) is 13.0 Å². The number of carbonyl (C=O) groups excluding carboxylic acids is 1. The summed E-state index contributed by atoms with van der Waals surface area (Å²) in [5, 5.41) is 0. The number of aldehydes is 1. The molecule has 1 aliphatic rings. The molecular weight excluding hydrogens is 258 g/mol. The molecule has 0 saturated carbocycles. The largest absolute Gasteiger partial charge is 0.490 e. The molecule has 0 N–H and O–H groups in total. The highest BCUT2D eigenvalue weighted by Crippen LogP contribution is 2.28. The van der Waals surface area contributed by atoms with E-state index in [1.54, 1.807) is 18.2 Å². The van der Waals surface area contributed by atoms with Crippen LogP contribution in [-0.4, -0.2) is 57.2 Å². The Hall–Kier alpha value is -1.59. The van der Waals surface area contributed by atoms with Gasteiger partial charge in [0.25, 0.3) is 0 Å². The number of likely N-dealkylation sites (N-methyl/N-ethyl adjacent to an activating group) is 1. The van der Waals surface area contributed by atoms with Gasteiger partial charge in [-0.05, 0) is 32.2 Å². The molecule has 110 valence electrons. The number of carbonyl (C=O) groups is 1. The van der Waals surface area contributed by atoms with E-state index in [0.29, 0.717) is 30.3 Å². The summed E-state index contributed by atoms with van der Waals surface area (Å²) in [5.74, 6) is 1.25. The molecule has 0 aliphatic carbocycles. The standard InChI is InChI=1S/C15H21NO4/c1-3-18-15-8-12(10-17)4-5-14(15)20-11-13-9-16(2)6-7-19-13/h4-5,8,10,13H,3,6-7,9,11H2,1-2H3. The summed E-state index contributed by atoms with van der Waals surface area (Å²) in [6.45, 7) is 5.45. The maximum absolute atomic E-state index is 10.8. The predicted molar refractivity (Wildman–Crippen MR) is 75.7 cm³/mol. The van der Waals surface area contributed by atoms with Crippen molar-refractivity contribution in [3.8, 4) is 11.5 Å². The molecule has 1 aromatic rings. The first kappa shape index (κ1) is 14.8. The van der Waals surface area contributed by atoms with Gasteiger partial charge in [-0.2, -0.15) is 0 Å². The molecule has 0 spiro atoms. The van der Waals surface area contributed by atoms with Gasteiger partial charge in [-0.15, -0.1) is 0 Å². The molecule has 5 nitrogen and oxygen atoms in total. The van der Waals surface area contributed by atoms with Gasteiger partial charge in [-0.1, -0.05) is 0 Å². The fraction of sp³-hybridized carbons (Fsp3) is 0.533. The van der Waals surface area contributed by atoms with Gasteiger partial charge < -0.3 is 19.1 Å². The van der Waals surface area contributed by atoms with Crippen LogP contribution in [0.15, 0.2) is 18.2 Å². The average molecular weight is 279 g/mol. The molecule has 1 saturated heterocycles. The second-order valence-corrected chi connectivity index (χ2v) is 4.82. The Morgan fingerprint density at radius 1 is 1.40 bits per heavy atom. The molecule has 20 heavy (non-hydrogen) atoms. The van der Waals surface area contributed by atoms with Crippen LogP contribution in [0.2, 0.25) is 0 Å². The lowest BCUT2D eigenvalue weighted by molar-refractivity contribution is -0.0406. The molecule has 1 fully saturated rings. The summed E-state index contributed by atoms with van der Waals surface area (Å²) >= 11 is 0. The predicted octanol–water partition coefficient (Wildman–Crippen LogP) is 1.61. The molecule has 0 amide bonds. The number of ether oxygens (including phenoxy) is 3. The normalized spacial score (nSPS) is 19.6. The van der Waals surface area contributed by atoms with Gasteiger partial charge in [0.15, 0.2) is 11.5 Å². The van der Waals surface area contributed by atoms with E-state index in [2.05, 4.69) is 11.9 Å². The molecule has 1 aliphatic heterocycles. The Balaban J connectivity index is 1.98. The third-order valence-electron chi connectivity index (χ3n) is 3.17. The van der Waals surface area contributed by atoms with Crippen LogP contribution >= 0.6 is 0 Å². The van der Waals surface area contributed by atoms with Crippen molar-refractivity contribution >= 4 is 6.29 Å². The zero-order valence-electron chi connectivity index (χ0n) is 12.0. The number of hydrogen-bond acceptors (Lipinski definition) is 5. The highest BCUT2D eigenvalue weighted by molar-refractivity contribution is 5.76. The van der Waals surface area contributed by atoms with Crippen LogP contribution in [0.5, 0.6) is 11.5 Å².